The maximum Gasteiger partial charge on any atom is 0.0646 e. The summed E-state index contributed by atoms with van der Waals surface area (Å²) in [6.07, 6.45) is 0. The van der Waals surface area contributed by atoms with Crippen LogP contribution >= 0.6 is 22.6 Å². The summed E-state index contributed by atoms with van der Waals surface area (Å²) in [5, 5.41) is 7.93. The van der Waals surface area contributed by atoms with Crippen LogP contribution in [0.1, 0.15) is 22.5 Å². The zero-order valence-electron chi connectivity index (χ0n) is 11.2. The highest BCUT2D eigenvalue weighted by Crippen LogP contribution is 2.20. The summed E-state index contributed by atoms with van der Waals surface area (Å²) in [4.78, 5) is 0. The van der Waals surface area contributed by atoms with Gasteiger partial charge in [0.05, 0.1) is 5.69 Å². The van der Waals surface area contributed by atoms with E-state index in [1.807, 2.05) is 11.7 Å². The number of rotatable bonds is 3. The molecule has 1 N–H and O–H groups in total. The fourth-order valence-corrected chi connectivity index (χ4v) is 2.73. The first-order valence-electron chi connectivity index (χ1n) is 5.98. The highest BCUT2D eigenvalue weighted by Gasteiger charge is 2.09. The molecule has 18 heavy (non-hydrogen) atoms. The van der Waals surface area contributed by atoms with Crippen molar-refractivity contribution in [2.45, 2.75) is 27.3 Å². The van der Waals surface area contributed by atoms with Gasteiger partial charge in [-0.05, 0) is 67.1 Å². The van der Waals surface area contributed by atoms with Crippen LogP contribution in [-0.2, 0) is 13.6 Å². The number of hydrogen-bond acceptors (Lipinski definition) is 2. The van der Waals surface area contributed by atoms with E-state index in [2.05, 4.69) is 72.0 Å². The Bertz CT molecular complexity index is 573. The Kier molecular flexibility index (Phi) is 3.94. The Morgan fingerprint density at radius 1 is 1.28 bits per heavy atom. The van der Waals surface area contributed by atoms with Gasteiger partial charge in [0.25, 0.3) is 0 Å². The van der Waals surface area contributed by atoms with Gasteiger partial charge in [-0.2, -0.15) is 5.10 Å². The lowest BCUT2D eigenvalue weighted by molar-refractivity contribution is 0.730. The number of nitrogens with one attached hydrogen (secondary N) is 1. The van der Waals surface area contributed by atoms with Crippen molar-refractivity contribution >= 4 is 28.3 Å². The molecule has 0 saturated carbocycles. The Labute approximate surface area is 122 Å². The second-order valence-electron chi connectivity index (χ2n) is 4.59. The van der Waals surface area contributed by atoms with Gasteiger partial charge in [0.2, 0.25) is 0 Å². The lowest BCUT2D eigenvalue weighted by Crippen LogP contribution is -2.03. The van der Waals surface area contributed by atoms with Crippen LogP contribution in [-0.4, -0.2) is 9.78 Å². The molecule has 0 aliphatic rings. The van der Waals surface area contributed by atoms with Crippen molar-refractivity contribution in [1.29, 1.82) is 0 Å². The molecule has 2 rings (SSSR count). The van der Waals surface area contributed by atoms with Gasteiger partial charge in [-0.25, -0.2) is 0 Å². The van der Waals surface area contributed by atoms with Crippen LogP contribution < -0.4 is 5.32 Å². The number of aryl methyl sites for hydroxylation is 3. The van der Waals surface area contributed by atoms with Crippen LogP contribution in [0, 0.1) is 24.3 Å². The number of halogens is 1. The number of benzene rings is 1. The largest absolute Gasteiger partial charge is 0.381 e. The Hall–Kier alpha value is -1.04. The molecular weight excluding hydrogens is 337 g/mol. The van der Waals surface area contributed by atoms with Crippen LogP contribution in [0.25, 0.3) is 0 Å². The first-order valence-corrected chi connectivity index (χ1v) is 7.06. The van der Waals surface area contributed by atoms with Crippen molar-refractivity contribution in [3.05, 3.63) is 44.3 Å². The monoisotopic (exact) mass is 355 g/mol. The topological polar surface area (TPSA) is 29.9 Å². The quantitative estimate of drug-likeness (QED) is 0.854. The SMILES string of the molecule is Cc1cc(I)ccc1NCc1c(C)nn(C)c1C. The fraction of sp³-hybridized carbons (Fsp3) is 0.357. The summed E-state index contributed by atoms with van der Waals surface area (Å²) in [6.45, 7) is 7.13. The number of anilines is 1. The third-order valence-electron chi connectivity index (χ3n) is 3.30. The van der Waals surface area contributed by atoms with E-state index >= 15 is 0 Å². The lowest BCUT2D eigenvalue weighted by Gasteiger charge is -2.10. The van der Waals surface area contributed by atoms with Gasteiger partial charge < -0.3 is 5.32 Å². The molecule has 96 valence electrons. The summed E-state index contributed by atoms with van der Waals surface area (Å²) in [7, 11) is 1.99. The van der Waals surface area contributed by atoms with E-state index in [0.29, 0.717) is 0 Å². The molecule has 4 heteroatoms. The van der Waals surface area contributed by atoms with Gasteiger partial charge in [-0.15, -0.1) is 0 Å². The molecule has 0 bridgehead atoms. The molecular formula is C14H18IN3. The molecule has 0 amide bonds. The van der Waals surface area contributed by atoms with Gasteiger partial charge in [0.15, 0.2) is 0 Å². The van der Waals surface area contributed by atoms with Gasteiger partial charge >= 0.3 is 0 Å². The smallest absolute Gasteiger partial charge is 0.0646 e. The van der Waals surface area contributed by atoms with E-state index < -0.39 is 0 Å². The van der Waals surface area contributed by atoms with Crippen molar-refractivity contribution in [2.75, 3.05) is 5.32 Å². The molecule has 1 heterocycles. The predicted octanol–water partition coefficient (Wildman–Crippen LogP) is 3.56. The Morgan fingerprint density at radius 3 is 2.56 bits per heavy atom. The molecule has 0 aliphatic heterocycles. The molecule has 1 aromatic heterocycles. The summed E-state index contributed by atoms with van der Waals surface area (Å²) in [5.74, 6) is 0. The standard InChI is InChI=1S/C14H18IN3/c1-9-7-12(15)5-6-14(9)16-8-13-10(2)17-18(4)11(13)3/h5-7,16H,8H2,1-4H3. The average Bonchev–Trinajstić information content (AvgIpc) is 2.53. The lowest BCUT2D eigenvalue weighted by atomic mass is 10.1. The van der Waals surface area contributed by atoms with E-state index in [-0.39, 0.29) is 0 Å². The molecule has 0 atom stereocenters. The molecule has 0 aliphatic carbocycles. The number of aromatic nitrogens is 2. The summed E-state index contributed by atoms with van der Waals surface area (Å²) < 4.78 is 3.21. The van der Waals surface area contributed by atoms with Gasteiger partial charge in [0.1, 0.15) is 0 Å². The minimum atomic E-state index is 0.826. The molecule has 0 fully saturated rings. The van der Waals surface area contributed by atoms with Crippen molar-refractivity contribution < 1.29 is 0 Å². The van der Waals surface area contributed by atoms with Crippen LogP contribution in [0.15, 0.2) is 18.2 Å². The summed E-state index contributed by atoms with van der Waals surface area (Å²) >= 11 is 2.33. The van der Waals surface area contributed by atoms with E-state index in [1.54, 1.807) is 0 Å². The van der Waals surface area contributed by atoms with Gasteiger partial charge in [-0.1, -0.05) is 0 Å². The Morgan fingerprint density at radius 2 is 2.00 bits per heavy atom. The first kappa shape index (κ1) is 13.4. The third-order valence-corrected chi connectivity index (χ3v) is 3.97. The molecule has 2 aromatic rings. The van der Waals surface area contributed by atoms with E-state index in [1.165, 1.54) is 26.1 Å². The normalized spacial score (nSPS) is 10.7. The van der Waals surface area contributed by atoms with Crippen molar-refractivity contribution in [3.63, 3.8) is 0 Å². The van der Waals surface area contributed by atoms with Crippen molar-refractivity contribution in [2.24, 2.45) is 7.05 Å². The molecule has 0 saturated heterocycles. The van der Waals surface area contributed by atoms with Crippen LogP contribution in [0.3, 0.4) is 0 Å². The average molecular weight is 355 g/mol. The van der Waals surface area contributed by atoms with Crippen LogP contribution in [0.4, 0.5) is 5.69 Å². The fourth-order valence-electron chi connectivity index (χ4n) is 2.08. The van der Waals surface area contributed by atoms with E-state index in [9.17, 15) is 0 Å². The minimum absolute atomic E-state index is 0.826. The maximum absolute atomic E-state index is 4.43. The zero-order valence-corrected chi connectivity index (χ0v) is 13.4. The second kappa shape index (κ2) is 5.30. The van der Waals surface area contributed by atoms with Crippen molar-refractivity contribution in [1.82, 2.24) is 9.78 Å². The maximum atomic E-state index is 4.43. The van der Waals surface area contributed by atoms with Gasteiger partial charge in [0, 0.05) is 34.1 Å². The first-order chi connectivity index (χ1) is 8.49. The van der Waals surface area contributed by atoms with Crippen LogP contribution in [0.5, 0.6) is 0 Å². The van der Waals surface area contributed by atoms with Gasteiger partial charge in [-0.3, -0.25) is 4.68 Å². The second-order valence-corrected chi connectivity index (χ2v) is 5.83. The minimum Gasteiger partial charge on any atom is -0.381 e. The number of hydrogen-bond donors (Lipinski definition) is 1. The Balaban J connectivity index is 2.16. The van der Waals surface area contributed by atoms with Crippen LogP contribution in [0.2, 0.25) is 0 Å². The highest BCUT2D eigenvalue weighted by molar-refractivity contribution is 14.1. The summed E-state index contributed by atoms with van der Waals surface area (Å²) in [6, 6.07) is 6.45. The molecule has 0 radical (unpaired) electrons. The van der Waals surface area contributed by atoms with E-state index in [0.717, 1.165) is 12.2 Å². The molecule has 0 spiro atoms. The number of nitrogens with zero attached hydrogens (tertiary/aromatic N) is 2. The molecule has 0 unspecified atom stereocenters. The molecule has 3 nitrogen and oxygen atoms in total. The predicted molar refractivity (Wildman–Crippen MR) is 83.9 cm³/mol. The summed E-state index contributed by atoms with van der Waals surface area (Å²) in [5.41, 5.74) is 6.09. The van der Waals surface area contributed by atoms with E-state index in [4.69, 9.17) is 0 Å². The third kappa shape index (κ3) is 2.68. The van der Waals surface area contributed by atoms with Crippen molar-refractivity contribution in [3.8, 4) is 0 Å². The molecule has 1 aromatic carbocycles. The highest BCUT2D eigenvalue weighted by atomic mass is 127. The zero-order chi connectivity index (χ0) is 13.3.